The van der Waals surface area contributed by atoms with Gasteiger partial charge in [-0.2, -0.15) is 18.4 Å². The molecule has 0 aliphatic carbocycles. The van der Waals surface area contributed by atoms with Crippen LogP contribution in [0.25, 0.3) is 0 Å². The number of aliphatic hydroxyl groups is 2. The van der Waals surface area contributed by atoms with Crippen LogP contribution in [0.15, 0.2) is 16.5 Å². The van der Waals surface area contributed by atoms with Crippen LogP contribution in [-0.2, 0) is 6.54 Å². The lowest BCUT2D eigenvalue weighted by atomic mass is 10.3. The maximum atomic E-state index is 12.2. The second-order valence-electron chi connectivity index (χ2n) is 4.31. The fourth-order valence-electron chi connectivity index (χ4n) is 1.62. The van der Waals surface area contributed by atoms with Crippen molar-refractivity contribution in [2.45, 2.75) is 25.2 Å². The summed E-state index contributed by atoms with van der Waals surface area (Å²) in [6.45, 7) is -0.961. The SMILES string of the molecule is N#Cc1ccc(CN(CCC(F)(F)F)C[C@H](O)CO)o1. The summed E-state index contributed by atoms with van der Waals surface area (Å²) in [5.41, 5.74) is 0. The highest BCUT2D eigenvalue weighted by Gasteiger charge is 2.28. The lowest BCUT2D eigenvalue weighted by Gasteiger charge is -2.23. The molecule has 0 amide bonds. The first kappa shape index (κ1) is 16.5. The number of furan rings is 1. The van der Waals surface area contributed by atoms with Crippen LogP contribution in [0, 0.1) is 11.3 Å². The normalized spacial score (nSPS) is 13.4. The maximum absolute atomic E-state index is 12.2. The molecule has 20 heavy (non-hydrogen) atoms. The first-order chi connectivity index (χ1) is 9.34. The van der Waals surface area contributed by atoms with E-state index in [0.717, 1.165) is 0 Å². The molecule has 2 N–H and O–H groups in total. The van der Waals surface area contributed by atoms with Crippen LogP contribution in [0.4, 0.5) is 13.2 Å². The van der Waals surface area contributed by atoms with E-state index in [-0.39, 0.29) is 25.4 Å². The average Bonchev–Trinajstić information content (AvgIpc) is 2.82. The number of nitrogens with zero attached hydrogens (tertiary/aromatic N) is 2. The number of rotatable bonds is 7. The molecule has 112 valence electrons. The van der Waals surface area contributed by atoms with Crippen LogP contribution in [0.5, 0.6) is 0 Å². The quantitative estimate of drug-likeness (QED) is 0.790. The second kappa shape index (κ2) is 7.28. The van der Waals surface area contributed by atoms with E-state index in [1.54, 1.807) is 6.07 Å². The standard InChI is InChI=1S/C12H15F3N2O3/c13-12(14,15)3-4-17(6-9(19)8-18)7-11-2-1-10(5-16)20-11/h1-2,9,18-19H,3-4,6-8H2/t9-/m0/s1. The van der Waals surface area contributed by atoms with E-state index in [1.807, 2.05) is 0 Å². The van der Waals surface area contributed by atoms with Gasteiger partial charge in [-0.05, 0) is 12.1 Å². The van der Waals surface area contributed by atoms with Crippen LogP contribution in [0.3, 0.4) is 0 Å². The van der Waals surface area contributed by atoms with Crippen molar-refractivity contribution in [3.05, 3.63) is 23.7 Å². The minimum absolute atomic E-state index is 0.0226. The van der Waals surface area contributed by atoms with E-state index in [9.17, 15) is 18.3 Å². The number of nitriles is 1. The first-order valence-electron chi connectivity index (χ1n) is 5.91. The van der Waals surface area contributed by atoms with Gasteiger partial charge in [0.1, 0.15) is 11.8 Å². The molecule has 0 saturated carbocycles. The highest BCUT2D eigenvalue weighted by atomic mass is 19.4. The Kier molecular flexibility index (Phi) is 6.01. The lowest BCUT2D eigenvalue weighted by molar-refractivity contribution is -0.139. The van der Waals surface area contributed by atoms with E-state index in [0.29, 0.717) is 5.76 Å². The zero-order valence-electron chi connectivity index (χ0n) is 10.6. The Morgan fingerprint density at radius 1 is 1.40 bits per heavy atom. The number of hydrogen-bond donors (Lipinski definition) is 2. The van der Waals surface area contributed by atoms with Crippen LogP contribution < -0.4 is 0 Å². The molecular weight excluding hydrogens is 277 g/mol. The van der Waals surface area contributed by atoms with Crippen LogP contribution >= 0.6 is 0 Å². The molecule has 0 fully saturated rings. The Hall–Kier alpha value is -1.56. The molecule has 5 nitrogen and oxygen atoms in total. The van der Waals surface area contributed by atoms with Gasteiger partial charge < -0.3 is 14.6 Å². The molecule has 0 radical (unpaired) electrons. The van der Waals surface area contributed by atoms with E-state index in [4.69, 9.17) is 14.8 Å². The summed E-state index contributed by atoms with van der Waals surface area (Å²) >= 11 is 0. The van der Waals surface area contributed by atoms with Crippen molar-refractivity contribution >= 4 is 0 Å². The Balaban J connectivity index is 2.64. The second-order valence-corrected chi connectivity index (χ2v) is 4.31. The number of halogens is 3. The van der Waals surface area contributed by atoms with E-state index in [2.05, 4.69) is 0 Å². The minimum atomic E-state index is -4.30. The van der Waals surface area contributed by atoms with E-state index < -0.39 is 25.3 Å². The third kappa shape index (κ3) is 6.06. The molecule has 8 heteroatoms. The monoisotopic (exact) mass is 292 g/mol. The molecule has 0 saturated heterocycles. The van der Waals surface area contributed by atoms with Gasteiger partial charge in [0.2, 0.25) is 5.76 Å². The van der Waals surface area contributed by atoms with Crippen molar-refractivity contribution in [1.82, 2.24) is 4.90 Å². The Morgan fingerprint density at radius 2 is 2.10 bits per heavy atom. The molecule has 1 atom stereocenters. The molecule has 1 rings (SSSR count). The van der Waals surface area contributed by atoms with Gasteiger partial charge in [-0.1, -0.05) is 0 Å². The summed E-state index contributed by atoms with van der Waals surface area (Å²) in [7, 11) is 0. The molecule has 1 aromatic heterocycles. The lowest BCUT2D eigenvalue weighted by Crippen LogP contribution is -2.36. The van der Waals surface area contributed by atoms with Crippen molar-refractivity contribution in [1.29, 1.82) is 5.26 Å². The molecule has 0 aliphatic heterocycles. The van der Waals surface area contributed by atoms with Gasteiger partial charge >= 0.3 is 6.18 Å². The summed E-state index contributed by atoms with van der Waals surface area (Å²) in [6.07, 6.45) is -6.46. The first-order valence-corrected chi connectivity index (χ1v) is 5.91. The summed E-state index contributed by atoms with van der Waals surface area (Å²) in [6, 6.07) is 4.68. The van der Waals surface area contributed by atoms with Crippen LogP contribution in [0.2, 0.25) is 0 Å². The van der Waals surface area contributed by atoms with Gasteiger partial charge in [0.15, 0.2) is 0 Å². The van der Waals surface area contributed by atoms with Crippen LogP contribution in [0.1, 0.15) is 17.9 Å². The molecule has 1 heterocycles. The molecule has 0 bridgehead atoms. The van der Waals surface area contributed by atoms with Gasteiger partial charge in [0.25, 0.3) is 0 Å². The third-order valence-electron chi connectivity index (χ3n) is 2.54. The van der Waals surface area contributed by atoms with Crippen molar-refractivity contribution in [2.24, 2.45) is 0 Å². The topological polar surface area (TPSA) is 80.6 Å². The average molecular weight is 292 g/mol. The predicted molar refractivity (Wildman–Crippen MR) is 62.5 cm³/mol. The largest absolute Gasteiger partial charge is 0.449 e. The molecular formula is C12H15F3N2O3. The van der Waals surface area contributed by atoms with Gasteiger partial charge in [-0.15, -0.1) is 0 Å². The van der Waals surface area contributed by atoms with Gasteiger partial charge in [-0.25, -0.2) is 0 Å². The molecule has 0 aromatic carbocycles. The number of aliphatic hydroxyl groups excluding tert-OH is 2. The molecule has 0 spiro atoms. The van der Waals surface area contributed by atoms with Crippen molar-refractivity contribution in [3.8, 4) is 6.07 Å². The zero-order valence-corrected chi connectivity index (χ0v) is 10.6. The van der Waals surface area contributed by atoms with Gasteiger partial charge in [-0.3, -0.25) is 4.90 Å². The van der Waals surface area contributed by atoms with Crippen molar-refractivity contribution in [2.75, 3.05) is 19.7 Å². The molecule has 0 unspecified atom stereocenters. The number of alkyl halides is 3. The van der Waals surface area contributed by atoms with E-state index >= 15 is 0 Å². The van der Waals surface area contributed by atoms with Crippen molar-refractivity contribution < 1.29 is 27.8 Å². The van der Waals surface area contributed by atoms with Gasteiger partial charge in [0, 0.05) is 13.1 Å². The fourth-order valence-corrected chi connectivity index (χ4v) is 1.62. The minimum Gasteiger partial charge on any atom is -0.449 e. The highest BCUT2D eigenvalue weighted by Crippen LogP contribution is 2.20. The molecule has 1 aromatic rings. The van der Waals surface area contributed by atoms with Crippen molar-refractivity contribution in [3.63, 3.8) is 0 Å². The Bertz CT molecular complexity index is 454. The maximum Gasteiger partial charge on any atom is 0.390 e. The zero-order chi connectivity index (χ0) is 15.2. The highest BCUT2D eigenvalue weighted by molar-refractivity contribution is 5.19. The smallest absolute Gasteiger partial charge is 0.390 e. The van der Waals surface area contributed by atoms with Gasteiger partial charge in [0.05, 0.1) is 25.7 Å². The summed E-state index contributed by atoms with van der Waals surface area (Å²) in [5.74, 6) is 0.396. The number of hydrogen-bond acceptors (Lipinski definition) is 5. The van der Waals surface area contributed by atoms with E-state index in [1.165, 1.54) is 17.0 Å². The Morgan fingerprint density at radius 3 is 2.60 bits per heavy atom. The summed E-state index contributed by atoms with van der Waals surface area (Å²) in [4.78, 5) is 1.31. The summed E-state index contributed by atoms with van der Waals surface area (Å²) in [5, 5.41) is 26.7. The Labute approximate surface area is 113 Å². The third-order valence-corrected chi connectivity index (χ3v) is 2.54. The fraction of sp³-hybridized carbons (Fsp3) is 0.583. The molecule has 0 aliphatic rings. The van der Waals surface area contributed by atoms with Crippen LogP contribution in [-0.4, -0.2) is 47.1 Å². The predicted octanol–water partition coefficient (Wildman–Crippen LogP) is 1.26. The summed E-state index contributed by atoms with van der Waals surface area (Å²) < 4.78 is 41.8.